The Kier molecular flexibility index (Phi) is 6.02. The third-order valence-corrected chi connectivity index (χ3v) is 4.64. The Labute approximate surface area is 168 Å². The summed E-state index contributed by atoms with van der Waals surface area (Å²) in [6.07, 6.45) is -3.00. The van der Waals surface area contributed by atoms with E-state index in [9.17, 15) is 18.4 Å². The first-order chi connectivity index (χ1) is 13.3. The number of hydrogen-bond acceptors (Lipinski definition) is 4. The summed E-state index contributed by atoms with van der Waals surface area (Å²) < 4.78 is 35.4. The van der Waals surface area contributed by atoms with Crippen molar-refractivity contribution in [3.63, 3.8) is 0 Å². The average Bonchev–Trinajstić information content (AvgIpc) is 2.73. The third kappa shape index (κ3) is 4.35. The minimum Gasteiger partial charge on any atom is -0.481 e. The molecule has 0 bridgehead atoms. The van der Waals surface area contributed by atoms with Crippen molar-refractivity contribution >= 4 is 40.8 Å². The second-order valence-corrected chi connectivity index (χ2v) is 6.68. The molecule has 1 heterocycles. The maximum Gasteiger partial charge on any atom is 0.387 e. The molecule has 0 saturated carbocycles. The van der Waals surface area contributed by atoms with Gasteiger partial charge in [-0.2, -0.15) is 8.78 Å². The number of fused-ring (bicyclic) bond motifs is 1. The molecular weight excluding hydrogens is 419 g/mol. The van der Waals surface area contributed by atoms with Gasteiger partial charge in [0.15, 0.2) is 0 Å². The monoisotopic (exact) mass is 431 g/mol. The van der Waals surface area contributed by atoms with Crippen LogP contribution < -0.4 is 10.1 Å². The van der Waals surface area contributed by atoms with Gasteiger partial charge in [0.2, 0.25) is 0 Å². The third-order valence-electron chi connectivity index (χ3n) is 4.00. The van der Waals surface area contributed by atoms with Crippen LogP contribution in [0, 0.1) is 0 Å². The number of alkyl halides is 2. The first-order valence-corrected chi connectivity index (χ1v) is 8.72. The normalized spacial score (nSPS) is 19.0. The maximum atomic E-state index is 12.6. The highest BCUT2D eigenvalue weighted by molar-refractivity contribution is 6.33. The largest absolute Gasteiger partial charge is 0.481 e. The van der Waals surface area contributed by atoms with Gasteiger partial charge in [-0.3, -0.25) is 9.59 Å². The van der Waals surface area contributed by atoms with Crippen molar-refractivity contribution in [2.24, 2.45) is 0 Å². The van der Waals surface area contributed by atoms with E-state index in [-0.39, 0.29) is 16.3 Å². The summed E-state index contributed by atoms with van der Waals surface area (Å²) in [6, 6.07) is 8.77. The number of amides is 1. The van der Waals surface area contributed by atoms with Crippen LogP contribution in [0.3, 0.4) is 0 Å². The summed E-state index contributed by atoms with van der Waals surface area (Å²) in [5.74, 6) is -2.19. The molecule has 0 unspecified atom stereocenters. The van der Waals surface area contributed by atoms with E-state index in [2.05, 4.69) is 10.1 Å². The number of carboxylic acid groups (broad SMARTS) is 1. The fourth-order valence-corrected chi connectivity index (χ4v) is 3.28. The molecule has 2 atom stereocenters. The van der Waals surface area contributed by atoms with Crippen LogP contribution in [0.25, 0.3) is 0 Å². The molecule has 2 aromatic rings. The van der Waals surface area contributed by atoms with Gasteiger partial charge in [-0.25, -0.2) is 0 Å². The molecule has 28 heavy (non-hydrogen) atoms. The van der Waals surface area contributed by atoms with Crippen molar-refractivity contribution < 1.29 is 33.0 Å². The molecule has 2 aromatic carbocycles. The molecule has 0 saturated heterocycles. The Morgan fingerprint density at radius 3 is 2.68 bits per heavy atom. The van der Waals surface area contributed by atoms with E-state index in [1.54, 1.807) is 0 Å². The second-order valence-electron chi connectivity index (χ2n) is 5.86. The molecule has 3 rings (SSSR count). The van der Waals surface area contributed by atoms with E-state index in [4.69, 9.17) is 33.0 Å². The summed E-state index contributed by atoms with van der Waals surface area (Å²) in [5, 5.41) is 11.8. The van der Waals surface area contributed by atoms with Crippen molar-refractivity contribution in [1.29, 1.82) is 0 Å². The Balaban J connectivity index is 2.12. The Morgan fingerprint density at radius 1 is 1.25 bits per heavy atom. The minimum atomic E-state index is -3.09. The predicted octanol–water partition coefficient (Wildman–Crippen LogP) is 4.50. The SMILES string of the molecule is O=C(O)C[C@H]1O[C@H](c2cccc(OC(F)F)c2Cl)c2cc(Cl)ccc2NC1=O. The Morgan fingerprint density at radius 2 is 2.00 bits per heavy atom. The van der Waals surface area contributed by atoms with Crippen LogP contribution in [0.1, 0.15) is 23.7 Å². The first-order valence-electron chi connectivity index (χ1n) is 7.97. The van der Waals surface area contributed by atoms with Gasteiger partial charge in [0.25, 0.3) is 5.91 Å². The van der Waals surface area contributed by atoms with E-state index in [0.717, 1.165) is 0 Å². The second kappa shape index (κ2) is 8.30. The summed E-state index contributed by atoms with van der Waals surface area (Å²) in [5.41, 5.74) is 0.948. The van der Waals surface area contributed by atoms with Gasteiger partial charge in [-0.15, -0.1) is 0 Å². The highest BCUT2D eigenvalue weighted by atomic mass is 35.5. The van der Waals surface area contributed by atoms with Crippen LogP contribution in [0.5, 0.6) is 5.75 Å². The fraction of sp³-hybridized carbons (Fsp3) is 0.222. The molecular formula is C18H13Cl2F2NO5. The van der Waals surface area contributed by atoms with Crippen molar-refractivity contribution in [1.82, 2.24) is 0 Å². The van der Waals surface area contributed by atoms with Crippen LogP contribution >= 0.6 is 23.2 Å². The number of halogens is 4. The molecule has 2 N–H and O–H groups in total. The zero-order chi connectivity index (χ0) is 20.4. The first kappa shape index (κ1) is 20.3. The lowest BCUT2D eigenvalue weighted by atomic mass is 9.99. The standard InChI is InChI=1S/C18H13Cl2F2NO5/c19-8-4-5-11-10(6-8)16(27-13(7-14(24)25)17(26)23-11)9-2-1-3-12(15(9)20)28-18(21)22/h1-6,13,16,18H,7H2,(H,23,26)(H,24,25)/t13-,16-/m1/s1. The van der Waals surface area contributed by atoms with Gasteiger partial charge >= 0.3 is 12.6 Å². The number of benzene rings is 2. The summed E-state index contributed by atoms with van der Waals surface area (Å²) in [7, 11) is 0. The summed E-state index contributed by atoms with van der Waals surface area (Å²) in [6.45, 7) is -3.09. The highest BCUT2D eigenvalue weighted by Crippen LogP contribution is 2.42. The molecule has 0 spiro atoms. The van der Waals surface area contributed by atoms with Crippen LogP contribution in [0.2, 0.25) is 10.0 Å². The number of carboxylic acids is 1. The molecule has 0 aliphatic carbocycles. The van der Waals surface area contributed by atoms with Crippen LogP contribution in [-0.4, -0.2) is 29.7 Å². The van der Waals surface area contributed by atoms with Gasteiger partial charge in [0.05, 0.1) is 11.4 Å². The van der Waals surface area contributed by atoms with Gasteiger partial charge in [-0.05, 0) is 24.3 Å². The van der Waals surface area contributed by atoms with Gasteiger partial charge < -0.3 is 19.9 Å². The summed E-state index contributed by atoms with van der Waals surface area (Å²) in [4.78, 5) is 23.5. The van der Waals surface area contributed by atoms with Crippen molar-refractivity contribution in [3.05, 3.63) is 57.6 Å². The Bertz CT molecular complexity index is 925. The zero-order valence-electron chi connectivity index (χ0n) is 14.0. The summed E-state index contributed by atoms with van der Waals surface area (Å²) >= 11 is 12.3. The highest BCUT2D eigenvalue weighted by Gasteiger charge is 2.34. The molecule has 10 heteroatoms. The fourth-order valence-electron chi connectivity index (χ4n) is 2.83. The number of carbonyl (C=O) groups excluding carboxylic acids is 1. The molecule has 6 nitrogen and oxygen atoms in total. The van der Waals surface area contributed by atoms with Crippen molar-refractivity contribution in [2.45, 2.75) is 25.2 Å². The molecule has 1 aliphatic heterocycles. The number of nitrogens with one attached hydrogen (secondary N) is 1. The number of aliphatic carboxylic acids is 1. The lowest BCUT2D eigenvalue weighted by molar-refractivity contribution is -0.146. The number of hydrogen-bond donors (Lipinski definition) is 2. The maximum absolute atomic E-state index is 12.6. The molecule has 0 radical (unpaired) electrons. The van der Waals surface area contributed by atoms with E-state index in [0.29, 0.717) is 16.3 Å². The zero-order valence-corrected chi connectivity index (χ0v) is 15.5. The number of ether oxygens (including phenoxy) is 2. The lowest BCUT2D eigenvalue weighted by Crippen LogP contribution is -2.31. The quantitative estimate of drug-likeness (QED) is 0.727. The Hall–Kier alpha value is -2.42. The van der Waals surface area contributed by atoms with Gasteiger partial charge in [0, 0.05) is 21.8 Å². The van der Waals surface area contributed by atoms with E-state index in [1.165, 1.54) is 36.4 Å². The molecule has 1 amide bonds. The van der Waals surface area contributed by atoms with E-state index in [1.807, 2.05) is 0 Å². The van der Waals surface area contributed by atoms with E-state index >= 15 is 0 Å². The van der Waals surface area contributed by atoms with Crippen LogP contribution in [-0.2, 0) is 14.3 Å². The van der Waals surface area contributed by atoms with Gasteiger partial charge in [0.1, 0.15) is 18.0 Å². The molecule has 148 valence electrons. The van der Waals surface area contributed by atoms with Crippen molar-refractivity contribution in [3.8, 4) is 5.75 Å². The average molecular weight is 432 g/mol. The number of anilines is 1. The number of carbonyl (C=O) groups is 2. The number of rotatable bonds is 5. The van der Waals surface area contributed by atoms with Crippen molar-refractivity contribution in [2.75, 3.05) is 5.32 Å². The smallest absolute Gasteiger partial charge is 0.387 e. The molecule has 0 fully saturated rings. The van der Waals surface area contributed by atoms with E-state index < -0.39 is 37.1 Å². The predicted molar refractivity (Wildman–Crippen MR) is 97.1 cm³/mol. The topological polar surface area (TPSA) is 84.9 Å². The molecule has 1 aliphatic rings. The van der Waals surface area contributed by atoms with Gasteiger partial charge in [-0.1, -0.05) is 35.3 Å². The van der Waals surface area contributed by atoms with Crippen LogP contribution in [0.4, 0.5) is 14.5 Å². The molecule has 0 aromatic heterocycles. The minimum absolute atomic E-state index is 0.151. The lowest BCUT2D eigenvalue weighted by Gasteiger charge is -2.23. The van der Waals surface area contributed by atoms with Crippen LogP contribution in [0.15, 0.2) is 36.4 Å².